The first-order valence-electron chi connectivity index (χ1n) is 8.19. The van der Waals surface area contributed by atoms with Crippen molar-refractivity contribution in [1.82, 2.24) is 4.90 Å². The Morgan fingerprint density at radius 3 is 2.61 bits per heavy atom. The number of nitrogens with one attached hydrogen (secondary N) is 1. The lowest BCUT2D eigenvalue weighted by molar-refractivity contribution is -0.385. The highest BCUT2D eigenvalue weighted by Gasteiger charge is 2.26. The van der Waals surface area contributed by atoms with Gasteiger partial charge in [0.15, 0.2) is 0 Å². The van der Waals surface area contributed by atoms with Gasteiger partial charge in [-0.05, 0) is 39.7 Å². The first kappa shape index (κ1) is 17.4. The van der Waals surface area contributed by atoms with E-state index in [1.807, 2.05) is 0 Å². The number of carbonyl (C=O) groups is 1. The number of benzene rings is 1. The predicted molar refractivity (Wildman–Crippen MR) is 90.6 cm³/mol. The molecular formula is C17H25N3O3. The van der Waals surface area contributed by atoms with Crippen molar-refractivity contribution in [2.24, 2.45) is 0 Å². The molecule has 126 valence electrons. The van der Waals surface area contributed by atoms with E-state index in [4.69, 9.17) is 0 Å². The Morgan fingerprint density at radius 2 is 2.04 bits per heavy atom. The number of anilines is 1. The number of rotatable bonds is 6. The smallest absolute Gasteiger partial charge is 0.274 e. The molecule has 23 heavy (non-hydrogen) atoms. The molecule has 0 aliphatic heterocycles. The molecule has 0 heterocycles. The average Bonchev–Trinajstić information content (AvgIpc) is 3.00. The van der Waals surface area contributed by atoms with E-state index in [1.165, 1.54) is 18.9 Å². The third-order valence-electron chi connectivity index (χ3n) is 4.47. The number of nitrogens with zero attached hydrogens (tertiary/aromatic N) is 2. The summed E-state index contributed by atoms with van der Waals surface area (Å²) in [6.45, 7) is 6.21. The van der Waals surface area contributed by atoms with Crippen LogP contribution in [0.1, 0.15) is 45.1 Å². The fourth-order valence-corrected chi connectivity index (χ4v) is 3.22. The van der Waals surface area contributed by atoms with Gasteiger partial charge in [0.1, 0.15) is 0 Å². The lowest BCUT2D eigenvalue weighted by Crippen LogP contribution is -2.43. The molecule has 0 spiro atoms. The van der Waals surface area contributed by atoms with Gasteiger partial charge in [-0.25, -0.2) is 0 Å². The highest BCUT2D eigenvalue weighted by Crippen LogP contribution is 2.25. The quantitative estimate of drug-likeness (QED) is 0.643. The summed E-state index contributed by atoms with van der Waals surface area (Å²) in [5.74, 6) is -0.122. The van der Waals surface area contributed by atoms with Gasteiger partial charge in [0, 0.05) is 29.4 Å². The zero-order valence-electron chi connectivity index (χ0n) is 14.0. The molecular weight excluding hydrogens is 294 g/mol. The summed E-state index contributed by atoms with van der Waals surface area (Å²) in [6, 6.07) is 5.55. The first-order chi connectivity index (χ1) is 10.9. The summed E-state index contributed by atoms with van der Waals surface area (Å²) in [5.41, 5.74) is 1.09. The van der Waals surface area contributed by atoms with Crippen LogP contribution in [-0.4, -0.2) is 34.4 Å². The van der Waals surface area contributed by atoms with E-state index in [-0.39, 0.29) is 11.6 Å². The van der Waals surface area contributed by atoms with Crippen LogP contribution in [0, 0.1) is 17.0 Å². The zero-order valence-corrected chi connectivity index (χ0v) is 14.0. The van der Waals surface area contributed by atoms with E-state index in [2.05, 4.69) is 24.1 Å². The van der Waals surface area contributed by atoms with Gasteiger partial charge in [-0.3, -0.25) is 19.8 Å². The summed E-state index contributed by atoms with van der Waals surface area (Å²) in [6.07, 6.45) is 4.72. The van der Waals surface area contributed by atoms with Gasteiger partial charge in [-0.15, -0.1) is 0 Å². The molecule has 2 rings (SSSR count). The Balaban J connectivity index is 2.03. The Kier molecular flexibility index (Phi) is 5.71. The van der Waals surface area contributed by atoms with Gasteiger partial charge in [-0.1, -0.05) is 18.9 Å². The molecule has 1 N–H and O–H groups in total. The lowest BCUT2D eigenvalue weighted by atomic mass is 10.1. The first-order valence-corrected chi connectivity index (χ1v) is 8.19. The third kappa shape index (κ3) is 4.51. The number of aryl methyl sites for hydroxylation is 1. The molecule has 6 heteroatoms. The zero-order chi connectivity index (χ0) is 17.0. The van der Waals surface area contributed by atoms with Gasteiger partial charge in [0.25, 0.3) is 5.69 Å². The Hall–Kier alpha value is -1.95. The van der Waals surface area contributed by atoms with Crippen molar-refractivity contribution in [3.63, 3.8) is 0 Å². The van der Waals surface area contributed by atoms with Crippen molar-refractivity contribution in [3.8, 4) is 0 Å². The monoisotopic (exact) mass is 319 g/mol. The van der Waals surface area contributed by atoms with Crippen LogP contribution in [0.4, 0.5) is 11.4 Å². The van der Waals surface area contributed by atoms with Gasteiger partial charge < -0.3 is 5.32 Å². The summed E-state index contributed by atoms with van der Waals surface area (Å²) < 4.78 is 0. The Morgan fingerprint density at radius 1 is 1.39 bits per heavy atom. The van der Waals surface area contributed by atoms with E-state index in [0.29, 0.717) is 29.9 Å². The summed E-state index contributed by atoms with van der Waals surface area (Å²) in [7, 11) is 0. The molecule has 1 amide bonds. The Labute approximate surface area is 137 Å². The van der Waals surface area contributed by atoms with E-state index in [9.17, 15) is 14.9 Å². The Bertz CT molecular complexity index is 580. The van der Waals surface area contributed by atoms with Crippen LogP contribution in [0.25, 0.3) is 0 Å². The minimum atomic E-state index is -0.427. The lowest BCUT2D eigenvalue weighted by Gasteiger charge is -2.31. The molecule has 0 atom stereocenters. The SMILES string of the molecule is Cc1ccc(NC(=O)CN(C(C)C)C2CCCC2)cc1[N+](=O)[O-]. The number of nitro benzene ring substituents is 1. The van der Waals surface area contributed by atoms with Crippen molar-refractivity contribution >= 4 is 17.3 Å². The summed E-state index contributed by atoms with van der Waals surface area (Å²) >= 11 is 0. The fourth-order valence-electron chi connectivity index (χ4n) is 3.22. The van der Waals surface area contributed by atoms with Gasteiger partial charge in [0.2, 0.25) is 5.91 Å². The highest BCUT2D eigenvalue weighted by molar-refractivity contribution is 5.92. The summed E-state index contributed by atoms with van der Waals surface area (Å²) in [5, 5.41) is 13.8. The van der Waals surface area contributed by atoms with Gasteiger partial charge in [0.05, 0.1) is 11.5 Å². The standard InChI is InChI=1S/C17H25N3O3/c1-12(2)19(15-6-4-5-7-15)11-17(21)18-14-9-8-13(3)16(10-14)20(22)23/h8-10,12,15H,4-7,11H2,1-3H3,(H,18,21). The molecule has 0 aromatic heterocycles. The predicted octanol–water partition coefficient (Wildman–Crippen LogP) is 3.49. The molecule has 1 aromatic carbocycles. The van der Waals surface area contributed by atoms with Crippen LogP contribution in [0.3, 0.4) is 0 Å². The van der Waals surface area contributed by atoms with Crippen molar-refractivity contribution in [2.45, 2.75) is 58.5 Å². The second-order valence-electron chi connectivity index (χ2n) is 6.51. The van der Waals surface area contributed by atoms with Crippen LogP contribution < -0.4 is 5.32 Å². The third-order valence-corrected chi connectivity index (χ3v) is 4.47. The van der Waals surface area contributed by atoms with E-state index in [1.54, 1.807) is 19.1 Å². The number of amides is 1. The van der Waals surface area contributed by atoms with Crippen LogP contribution >= 0.6 is 0 Å². The van der Waals surface area contributed by atoms with Crippen LogP contribution in [0.2, 0.25) is 0 Å². The number of hydrogen-bond acceptors (Lipinski definition) is 4. The van der Waals surface area contributed by atoms with E-state index in [0.717, 1.165) is 12.8 Å². The second-order valence-corrected chi connectivity index (χ2v) is 6.51. The molecule has 1 aromatic rings. The molecule has 1 fully saturated rings. The molecule has 0 saturated heterocycles. The van der Waals surface area contributed by atoms with Crippen LogP contribution in [0.15, 0.2) is 18.2 Å². The van der Waals surface area contributed by atoms with Crippen molar-refractivity contribution in [3.05, 3.63) is 33.9 Å². The number of hydrogen-bond donors (Lipinski definition) is 1. The maximum Gasteiger partial charge on any atom is 0.274 e. The van der Waals surface area contributed by atoms with Crippen LogP contribution in [-0.2, 0) is 4.79 Å². The van der Waals surface area contributed by atoms with Crippen molar-refractivity contribution < 1.29 is 9.72 Å². The molecule has 1 aliphatic carbocycles. The van der Waals surface area contributed by atoms with Crippen LogP contribution in [0.5, 0.6) is 0 Å². The highest BCUT2D eigenvalue weighted by atomic mass is 16.6. The normalized spacial score (nSPS) is 15.3. The summed E-state index contributed by atoms with van der Waals surface area (Å²) in [4.78, 5) is 25.1. The van der Waals surface area contributed by atoms with E-state index >= 15 is 0 Å². The van der Waals surface area contributed by atoms with Crippen molar-refractivity contribution in [2.75, 3.05) is 11.9 Å². The van der Waals surface area contributed by atoms with E-state index < -0.39 is 4.92 Å². The minimum Gasteiger partial charge on any atom is -0.325 e. The fraction of sp³-hybridized carbons (Fsp3) is 0.588. The molecule has 1 saturated carbocycles. The van der Waals surface area contributed by atoms with Gasteiger partial charge in [-0.2, -0.15) is 0 Å². The largest absolute Gasteiger partial charge is 0.325 e. The number of carbonyl (C=O) groups excluding carboxylic acids is 1. The second kappa shape index (κ2) is 7.55. The maximum absolute atomic E-state index is 12.3. The maximum atomic E-state index is 12.3. The van der Waals surface area contributed by atoms with Crippen molar-refractivity contribution in [1.29, 1.82) is 0 Å². The molecule has 1 aliphatic rings. The minimum absolute atomic E-state index is 0.0271. The van der Waals surface area contributed by atoms with Gasteiger partial charge >= 0.3 is 0 Å². The number of nitro groups is 1. The molecule has 0 bridgehead atoms. The molecule has 6 nitrogen and oxygen atoms in total. The topological polar surface area (TPSA) is 75.5 Å². The molecule has 0 radical (unpaired) electrons. The average molecular weight is 319 g/mol. The molecule has 0 unspecified atom stereocenters.